The molecule has 1 aromatic carbocycles. The number of nitrogens with zero attached hydrogens (tertiary/aromatic N) is 1. The van der Waals surface area contributed by atoms with Crippen LogP contribution in [0.1, 0.15) is 31.2 Å². The molecule has 4 heteroatoms. The standard InChI is InChI=1S/C18H28N2O2/c19-11-13-20(12-8-16-4-2-1-3-5-16)18(21)7-6-17-9-14-22-15-10-17/h1-5,17H,6-15,19H2. The Balaban J connectivity index is 1.77. The summed E-state index contributed by atoms with van der Waals surface area (Å²) < 4.78 is 5.37. The minimum Gasteiger partial charge on any atom is -0.381 e. The molecule has 0 saturated carbocycles. The van der Waals surface area contributed by atoms with E-state index in [4.69, 9.17) is 10.5 Å². The lowest BCUT2D eigenvalue weighted by Crippen LogP contribution is -2.37. The van der Waals surface area contributed by atoms with Crippen molar-refractivity contribution in [3.05, 3.63) is 35.9 Å². The van der Waals surface area contributed by atoms with Crippen molar-refractivity contribution < 1.29 is 9.53 Å². The molecule has 0 unspecified atom stereocenters. The molecule has 2 N–H and O–H groups in total. The van der Waals surface area contributed by atoms with Gasteiger partial charge in [0.15, 0.2) is 0 Å². The maximum atomic E-state index is 12.4. The molecule has 4 nitrogen and oxygen atoms in total. The number of rotatable bonds is 8. The molecule has 1 fully saturated rings. The first-order valence-corrected chi connectivity index (χ1v) is 8.39. The van der Waals surface area contributed by atoms with Crippen molar-refractivity contribution >= 4 is 5.91 Å². The van der Waals surface area contributed by atoms with Crippen LogP contribution >= 0.6 is 0 Å². The molecule has 1 aromatic rings. The van der Waals surface area contributed by atoms with Gasteiger partial charge in [-0.05, 0) is 37.2 Å². The van der Waals surface area contributed by atoms with Crippen molar-refractivity contribution in [1.29, 1.82) is 0 Å². The van der Waals surface area contributed by atoms with Crippen LogP contribution in [0.2, 0.25) is 0 Å². The fraction of sp³-hybridized carbons (Fsp3) is 0.611. The molecule has 2 rings (SSSR count). The van der Waals surface area contributed by atoms with Gasteiger partial charge in [-0.25, -0.2) is 0 Å². The summed E-state index contributed by atoms with van der Waals surface area (Å²) in [6.45, 7) is 3.63. The molecular formula is C18H28N2O2. The van der Waals surface area contributed by atoms with Crippen molar-refractivity contribution in [2.24, 2.45) is 11.7 Å². The van der Waals surface area contributed by atoms with Gasteiger partial charge in [-0.3, -0.25) is 4.79 Å². The summed E-state index contributed by atoms with van der Waals surface area (Å²) in [7, 11) is 0. The molecule has 0 bridgehead atoms. The average Bonchev–Trinajstić information content (AvgIpc) is 2.58. The second-order valence-corrected chi connectivity index (χ2v) is 6.00. The summed E-state index contributed by atoms with van der Waals surface area (Å²) in [5.74, 6) is 0.888. The van der Waals surface area contributed by atoms with Gasteiger partial charge in [-0.1, -0.05) is 30.3 Å². The van der Waals surface area contributed by atoms with Crippen molar-refractivity contribution in [2.45, 2.75) is 32.1 Å². The van der Waals surface area contributed by atoms with E-state index < -0.39 is 0 Å². The number of nitrogens with two attached hydrogens (primary N) is 1. The zero-order valence-corrected chi connectivity index (χ0v) is 13.4. The predicted octanol–water partition coefficient (Wildman–Crippen LogP) is 2.22. The van der Waals surface area contributed by atoms with Crippen molar-refractivity contribution in [1.82, 2.24) is 4.90 Å². The van der Waals surface area contributed by atoms with E-state index in [1.54, 1.807) is 0 Å². The van der Waals surface area contributed by atoms with Crippen LogP contribution in [-0.2, 0) is 16.0 Å². The zero-order chi connectivity index (χ0) is 15.6. The van der Waals surface area contributed by atoms with E-state index in [2.05, 4.69) is 12.1 Å². The Morgan fingerprint density at radius 3 is 2.59 bits per heavy atom. The first-order chi connectivity index (χ1) is 10.8. The summed E-state index contributed by atoms with van der Waals surface area (Å²) in [6, 6.07) is 10.3. The normalized spacial score (nSPS) is 15.7. The van der Waals surface area contributed by atoms with E-state index in [-0.39, 0.29) is 5.91 Å². The third-order valence-corrected chi connectivity index (χ3v) is 4.37. The van der Waals surface area contributed by atoms with Crippen LogP contribution in [0.4, 0.5) is 0 Å². The van der Waals surface area contributed by atoms with Gasteiger partial charge in [0.25, 0.3) is 0 Å². The first-order valence-electron chi connectivity index (χ1n) is 8.39. The molecule has 1 aliphatic rings. The SMILES string of the molecule is NCCN(CCc1ccccc1)C(=O)CCC1CCOCC1. The van der Waals surface area contributed by atoms with E-state index >= 15 is 0 Å². The number of carbonyl (C=O) groups is 1. The fourth-order valence-electron chi connectivity index (χ4n) is 2.95. The van der Waals surface area contributed by atoms with Crippen LogP contribution in [0.3, 0.4) is 0 Å². The maximum absolute atomic E-state index is 12.4. The largest absolute Gasteiger partial charge is 0.381 e. The van der Waals surface area contributed by atoms with Gasteiger partial charge in [-0.15, -0.1) is 0 Å². The second kappa shape index (κ2) is 9.59. The summed E-state index contributed by atoms with van der Waals surface area (Å²) in [6.07, 6.45) is 4.69. The van der Waals surface area contributed by atoms with Gasteiger partial charge >= 0.3 is 0 Å². The number of ether oxygens (including phenoxy) is 1. The Bertz CT molecular complexity index is 430. The van der Waals surface area contributed by atoms with Gasteiger partial charge in [0.05, 0.1) is 0 Å². The first kappa shape index (κ1) is 17.0. The molecular weight excluding hydrogens is 276 g/mol. The van der Waals surface area contributed by atoms with Gasteiger partial charge < -0.3 is 15.4 Å². The highest BCUT2D eigenvalue weighted by Crippen LogP contribution is 2.20. The Morgan fingerprint density at radius 2 is 1.91 bits per heavy atom. The van der Waals surface area contributed by atoms with Gasteiger partial charge in [-0.2, -0.15) is 0 Å². The third-order valence-electron chi connectivity index (χ3n) is 4.37. The zero-order valence-electron chi connectivity index (χ0n) is 13.4. The van der Waals surface area contributed by atoms with Crippen LogP contribution in [0, 0.1) is 5.92 Å². The summed E-state index contributed by atoms with van der Waals surface area (Å²) >= 11 is 0. The van der Waals surface area contributed by atoms with Crippen LogP contribution in [0.5, 0.6) is 0 Å². The number of hydrogen-bond donors (Lipinski definition) is 1. The summed E-state index contributed by atoms with van der Waals surface area (Å²) in [4.78, 5) is 14.4. The van der Waals surface area contributed by atoms with Crippen molar-refractivity contribution in [3.8, 4) is 0 Å². The lowest BCUT2D eigenvalue weighted by Gasteiger charge is -2.25. The lowest BCUT2D eigenvalue weighted by molar-refractivity contribution is -0.131. The molecule has 1 amide bonds. The number of amides is 1. The van der Waals surface area contributed by atoms with E-state index in [9.17, 15) is 4.79 Å². The lowest BCUT2D eigenvalue weighted by atomic mass is 9.94. The van der Waals surface area contributed by atoms with Crippen molar-refractivity contribution in [2.75, 3.05) is 32.8 Å². The Morgan fingerprint density at radius 1 is 1.18 bits per heavy atom. The van der Waals surface area contributed by atoms with E-state index in [1.807, 2.05) is 23.1 Å². The van der Waals surface area contributed by atoms with Crippen LogP contribution < -0.4 is 5.73 Å². The molecule has 0 aliphatic carbocycles. The smallest absolute Gasteiger partial charge is 0.222 e. The number of carbonyl (C=O) groups excluding carboxylic acids is 1. The summed E-state index contributed by atoms with van der Waals surface area (Å²) in [5, 5.41) is 0. The minimum atomic E-state index is 0.243. The Kier molecular flexibility index (Phi) is 7.40. The summed E-state index contributed by atoms with van der Waals surface area (Å²) in [5.41, 5.74) is 6.93. The molecule has 1 saturated heterocycles. The van der Waals surface area contributed by atoms with Crippen molar-refractivity contribution in [3.63, 3.8) is 0 Å². The van der Waals surface area contributed by atoms with Crippen LogP contribution in [-0.4, -0.2) is 43.7 Å². The van der Waals surface area contributed by atoms with Crippen LogP contribution in [0.15, 0.2) is 30.3 Å². The van der Waals surface area contributed by atoms with E-state index in [1.165, 1.54) is 5.56 Å². The molecule has 0 spiro atoms. The second-order valence-electron chi connectivity index (χ2n) is 6.00. The molecule has 0 aromatic heterocycles. The third kappa shape index (κ3) is 5.78. The highest BCUT2D eigenvalue weighted by atomic mass is 16.5. The van der Waals surface area contributed by atoms with Gasteiger partial charge in [0.1, 0.15) is 0 Å². The monoisotopic (exact) mass is 304 g/mol. The van der Waals surface area contributed by atoms with E-state index in [0.29, 0.717) is 25.4 Å². The average molecular weight is 304 g/mol. The highest BCUT2D eigenvalue weighted by Gasteiger charge is 2.18. The highest BCUT2D eigenvalue weighted by molar-refractivity contribution is 5.76. The van der Waals surface area contributed by atoms with E-state index in [0.717, 1.165) is 45.4 Å². The fourth-order valence-corrected chi connectivity index (χ4v) is 2.95. The molecule has 1 aliphatic heterocycles. The number of hydrogen-bond acceptors (Lipinski definition) is 3. The Labute approximate surface area is 133 Å². The molecule has 0 atom stereocenters. The molecule has 122 valence electrons. The quantitative estimate of drug-likeness (QED) is 0.801. The van der Waals surface area contributed by atoms with Gasteiger partial charge in [0, 0.05) is 39.3 Å². The predicted molar refractivity (Wildman–Crippen MR) is 88.6 cm³/mol. The van der Waals surface area contributed by atoms with Crippen LogP contribution in [0.25, 0.3) is 0 Å². The minimum absolute atomic E-state index is 0.243. The number of benzene rings is 1. The Hall–Kier alpha value is -1.39. The molecule has 0 radical (unpaired) electrons. The molecule has 22 heavy (non-hydrogen) atoms. The topological polar surface area (TPSA) is 55.6 Å². The van der Waals surface area contributed by atoms with Gasteiger partial charge in [0.2, 0.25) is 5.91 Å². The maximum Gasteiger partial charge on any atom is 0.222 e. The molecule has 1 heterocycles.